The largest absolute Gasteiger partial charge is 0.453 e. The van der Waals surface area contributed by atoms with E-state index in [0.29, 0.717) is 17.4 Å². The molecule has 1 heterocycles. The summed E-state index contributed by atoms with van der Waals surface area (Å²) >= 11 is 0. The first kappa shape index (κ1) is 18.6. The van der Waals surface area contributed by atoms with Crippen LogP contribution in [0, 0.1) is 17.3 Å². The number of methoxy groups -OCH3 is 1. The van der Waals surface area contributed by atoms with E-state index in [1.54, 1.807) is 0 Å². The van der Waals surface area contributed by atoms with Gasteiger partial charge in [0.1, 0.15) is 0 Å². The molecule has 4 heteroatoms. The second kappa shape index (κ2) is 8.36. The molecule has 2 aliphatic rings. The van der Waals surface area contributed by atoms with E-state index in [-0.39, 0.29) is 6.09 Å². The van der Waals surface area contributed by atoms with Gasteiger partial charge in [0, 0.05) is 19.1 Å². The number of nitrogens with zero attached hydrogens (tertiary/aromatic N) is 1. The topological polar surface area (TPSA) is 41.6 Å². The minimum atomic E-state index is -0.173. The Labute approximate surface area is 142 Å². The third kappa shape index (κ3) is 6.33. The molecule has 2 fully saturated rings. The number of carbonyl (C=O) groups excluding carboxylic acids is 1. The molecule has 23 heavy (non-hydrogen) atoms. The molecule has 0 aromatic carbocycles. The molecule has 0 radical (unpaired) electrons. The highest BCUT2D eigenvalue weighted by Crippen LogP contribution is 2.31. The Morgan fingerprint density at radius 1 is 1.13 bits per heavy atom. The number of amides is 1. The smallest absolute Gasteiger partial charge is 0.409 e. The van der Waals surface area contributed by atoms with Crippen LogP contribution in [0.5, 0.6) is 0 Å². The predicted molar refractivity (Wildman–Crippen MR) is 94.5 cm³/mol. The lowest BCUT2D eigenvalue weighted by Crippen LogP contribution is -2.52. The van der Waals surface area contributed by atoms with Gasteiger partial charge >= 0.3 is 6.09 Å². The van der Waals surface area contributed by atoms with Gasteiger partial charge in [0.15, 0.2) is 0 Å². The first-order valence-corrected chi connectivity index (χ1v) is 9.43. The highest BCUT2D eigenvalue weighted by molar-refractivity contribution is 5.67. The fourth-order valence-electron chi connectivity index (χ4n) is 4.37. The van der Waals surface area contributed by atoms with Crippen LogP contribution in [-0.4, -0.2) is 43.8 Å². The highest BCUT2D eigenvalue weighted by atomic mass is 16.5. The van der Waals surface area contributed by atoms with Crippen molar-refractivity contribution < 1.29 is 9.53 Å². The number of rotatable bonds is 4. The molecule has 0 aromatic heterocycles. The Morgan fingerprint density at radius 2 is 1.83 bits per heavy atom. The summed E-state index contributed by atoms with van der Waals surface area (Å²) in [6, 6.07) is 0.414. The summed E-state index contributed by atoms with van der Waals surface area (Å²) < 4.78 is 4.97. The molecule has 1 saturated heterocycles. The van der Waals surface area contributed by atoms with Gasteiger partial charge in [0.25, 0.3) is 0 Å². The minimum absolute atomic E-state index is 0.173. The van der Waals surface area contributed by atoms with Crippen molar-refractivity contribution in [3.05, 3.63) is 0 Å². The van der Waals surface area contributed by atoms with E-state index in [1.165, 1.54) is 45.6 Å². The molecule has 1 aliphatic heterocycles. The molecule has 2 rings (SSSR count). The molecule has 1 amide bonds. The molecule has 1 N–H and O–H groups in total. The molecule has 0 aromatic rings. The summed E-state index contributed by atoms with van der Waals surface area (Å²) in [5, 5.41) is 3.77. The number of carbonyl (C=O) groups is 1. The van der Waals surface area contributed by atoms with Crippen LogP contribution in [0.25, 0.3) is 0 Å². The summed E-state index contributed by atoms with van der Waals surface area (Å²) in [6.45, 7) is 9.60. The number of nitrogens with one attached hydrogen (secondary N) is 1. The third-order valence-electron chi connectivity index (χ3n) is 5.29. The number of hydrogen-bond acceptors (Lipinski definition) is 3. The molecule has 0 bridgehead atoms. The van der Waals surface area contributed by atoms with Crippen molar-refractivity contribution >= 4 is 6.09 Å². The zero-order valence-corrected chi connectivity index (χ0v) is 15.6. The van der Waals surface area contributed by atoms with Crippen molar-refractivity contribution in [1.29, 1.82) is 0 Å². The minimum Gasteiger partial charge on any atom is -0.453 e. The van der Waals surface area contributed by atoms with Crippen molar-refractivity contribution in [1.82, 2.24) is 10.2 Å². The van der Waals surface area contributed by atoms with E-state index >= 15 is 0 Å². The molecular weight excluding hydrogens is 288 g/mol. The number of piperidine rings is 1. The van der Waals surface area contributed by atoms with Crippen LogP contribution in [0.2, 0.25) is 0 Å². The van der Waals surface area contributed by atoms with Gasteiger partial charge in [-0.3, -0.25) is 0 Å². The van der Waals surface area contributed by atoms with E-state index in [2.05, 4.69) is 26.1 Å². The van der Waals surface area contributed by atoms with Gasteiger partial charge in [-0.15, -0.1) is 0 Å². The lowest BCUT2D eigenvalue weighted by molar-refractivity contribution is 0.0796. The molecule has 2 atom stereocenters. The van der Waals surface area contributed by atoms with Crippen LogP contribution >= 0.6 is 0 Å². The lowest BCUT2D eigenvalue weighted by atomic mass is 9.80. The maximum Gasteiger partial charge on any atom is 0.409 e. The molecule has 134 valence electrons. The summed E-state index contributed by atoms with van der Waals surface area (Å²) in [5.41, 5.74) is 0.303. The Hall–Kier alpha value is -0.770. The average Bonchev–Trinajstić information content (AvgIpc) is 2.51. The predicted octanol–water partition coefficient (Wildman–Crippen LogP) is 4.05. The van der Waals surface area contributed by atoms with E-state index in [1.807, 2.05) is 4.90 Å². The Morgan fingerprint density at radius 3 is 2.43 bits per heavy atom. The van der Waals surface area contributed by atoms with Crippen molar-refractivity contribution in [3.63, 3.8) is 0 Å². The van der Waals surface area contributed by atoms with E-state index in [0.717, 1.165) is 32.0 Å². The maximum atomic E-state index is 12.0. The Bertz CT molecular complexity index is 372. The second-order valence-corrected chi connectivity index (χ2v) is 8.85. The fourth-order valence-corrected chi connectivity index (χ4v) is 4.37. The molecular formula is C19H36N2O2. The first-order chi connectivity index (χ1) is 10.9. The third-order valence-corrected chi connectivity index (χ3v) is 5.29. The Kier molecular flexibility index (Phi) is 6.75. The summed E-state index contributed by atoms with van der Waals surface area (Å²) in [5.74, 6) is 1.39. The van der Waals surface area contributed by atoms with Gasteiger partial charge in [-0.05, 0) is 49.5 Å². The van der Waals surface area contributed by atoms with Crippen LogP contribution in [0.1, 0.15) is 65.7 Å². The van der Waals surface area contributed by atoms with Crippen molar-refractivity contribution in [2.24, 2.45) is 17.3 Å². The van der Waals surface area contributed by atoms with Crippen LogP contribution in [0.4, 0.5) is 4.79 Å². The summed E-state index contributed by atoms with van der Waals surface area (Å²) in [4.78, 5) is 13.9. The van der Waals surface area contributed by atoms with E-state index in [4.69, 9.17) is 4.74 Å². The summed E-state index contributed by atoms with van der Waals surface area (Å²) in [6.07, 6.45) is 9.07. The number of hydrogen-bond donors (Lipinski definition) is 1. The van der Waals surface area contributed by atoms with Gasteiger partial charge < -0.3 is 15.0 Å². The quantitative estimate of drug-likeness (QED) is 0.848. The maximum absolute atomic E-state index is 12.0. The van der Waals surface area contributed by atoms with Gasteiger partial charge in [0.2, 0.25) is 0 Å². The normalized spacial score (nSPS) is 27.0. The molecule has 1 aliphatic carbocycles. The summed E-state index contributed by atoms with van der Waals surface area (Å²) in [7, 11) is 1.49. The van der Waals surface area contributed by atoms with Crippen molar-refractivity contribution in [3.8, 4) is 0 Å². The van der Waals surface area contributed by atoms with Gasteiger partial charge in [-0.25, -0.2) is 4.79 Å². The van der Waals surface area contributed by atoms with Gasteiger partial charge in [0.05, 0.1) is 7.11 Å². The Balaban J connectivity index is 1.89. The van der Waals surface area contributed by atoms with E-state index < -0.39 is 0 Å². The number of likely N-dealkylation sites (tertiary alicyclic amines) is 1. The van der Waals surface area contributed by atoms with Crippen LogP contribution in [0.3, 0.4) is 0 Å². The van der Waals surface area contributed by atoms with Crippen LogP contribution in [0.15, 0.2) is 0 Å². The fraction of sp³-hybridized carbons (Fsp3) is 0.947. The zero-order chi connectivity index (χ0) is 16.9. The van der Waals surface area contributed by atoms with Gasteiger partial charge in [-0.1, -0.05) is 40.0 Å². The molecule has 4 nitrogen and oxygen atoms in total. The lowest BCUT2D eigenvalue weighted by Gasteiger charge is -2.40. The SMILES string of the molecule is COC(=O)N1CC(CC(C)(C)C)CC(NCC2CCCCC2)C1. The van der Waals surface area contributed by atoms with Crippen LogP contribution in [-0.2, 0) is 4.74 Å². The van der Waals surface area contributed by atoms with E-state index in [9.17, 15) is 4.79 Å². The van der Waals surface area contributed by atoms with Gasteiger partial charge in [-0.2, -0.15) is 0 Å². The average molecular weight is 325 g/mol. The molecule has 2 unspecified atom stereocenters. The monoisotopic (exact) mass is 324 g/mol. The van der Waals surface area contributed by atoms with Crippen LogP contribution < -0.4 is 5.32 Å². The van der Waals surface area contributed by atoms with Crippen molar-refractivity contribution in [2.45, 2.75) is 71.8 Å². The zero-order valence-electron chi connectivity index (χ0n) is 15.6. The number of ether oxygens (including phenoxy) is 1. The highest BCUT2D eigenvalue weighted by Gasteiger charge is 2.32. The standard InChI is InChI=1S/C19H36N2O2/c1-19(2,3)11-16-10-17(14-21(13-16)18(22)23-4)20-12-15-8-6-5-7-9-15/h15-17,20H,5-14H2,1-4H3. The second-order valence-electron chi connectivity index (χ2n) is 8.85. The molecule has 0 spiro atoms. The molecule has 1 saturated carbocycles. The van der Waals surface area contributed by atoms with Crippen molar-refractivity contribution in [2.75, 3.05) is 26.7 Å². The first-order valence-electron chi connectivity index (χ1n) is 9.43.